The Balaban J connectivity index is 2.61. The van der Waals surface area contributed by atoms with Gasteiger partial charge in [0.2, 0.25) is 5.91 Å². The van der Waals surface area contributed by atoms with E-state index in [-0.39, 0.29) is 24.7 Å². The summed E-state index contributed by atoms with van der Waals surface area (Å²) in [6, 6.07) is 4.51. The first kappa shape index (κ1) is 15.1. The Hall–Kier alpha value is -1.93. The largest absolute Gasteiger partial charge is 0.493 e. The molecule has 0 atom stereocenters. The second kappa shape index (κ2) is 7.49. The minimum atomic E-state index is -2.94. The lowest BCUT2D eigenvalue weighted by molar-refractivity contribution is -0.125. The van der Waals surface area contributed by atoms with Crippen LogP contribution in [0.1, 0.15) is 5.56 Å². The number of benzene rings is 1. The maximum atomic E-state index is 12.2. The molecular formula is C11H14F2N2O4. The van der Waals surface area contributed by atoms with E-state index < -0.39 is 12.5 Å². The number of amides is 1. The first-order chi connectivity index (χ1) is 9.02. The van der Waals surface area contributed by atoms with Crippen LogP contribution in [-0.4, -0.2) is 26.2 Å². The van der Waals surface area contributed by atoms with Gasteiger partial charge in [-0.15, -0.1) is 0 Å². The highest BCUT2D eigenvalue weighted by Crippen LogP contribution is 2.29. The van der Waals surface area contributed by atoms with Crippen molar-refractivity contribution in [3.63, 3.8) is 0 Å². The number of rotatable bonds is 8. The molecule has 0 aliphatic heterocycles. The van der Waals surface area contributed by atoms with Gasteiger partial charge in [0.15, 0.2) is 11.5 Å². The number of halogens is 2. The normalized spacial score (nSPS) is 10.5. The van der Waals surface area contributed by atoms with E-state index in [2.05, 4.69) is 10.2 Å². The number of carbonyl (C=O) groups is 1. The molecule has 1 aromatic carbocycles. The van der Waals surface area contributed by atoms with E-state index in [4.69, 9.17) is 15.3 Å². The second-order valence-corrected chi connectivity index (χ2v) is 3.44. The summed E-state index contributed by atoms with van der Waals surface area (Å²) in [7, 11) is 1.35. The van der Waals surface area contributed by atoms with Gasteiger partial charge in [0.1, 0.15) is 6.61 Å². The van der Waals surface area contributed by atoms with Gasteiger partial charge < -0.3 is 15.2 Å². The predicted molar refractivity (Wildman–Crippen MR) is 61.6 cm³/mol. The van der Waals surface area contributed by atoms with Crippen LogP contribution in [-0.2, 0) is 16.2 Å². The third kappa shape index (κ3) is 5.49. The molecule has 0 fully saturated rings. The number of ether oxygens (including phenoxy) is 2. The van der Waals surface area contributed by atoms with Gasteiger partial charge >= 0.3 is 6.61 Å². The molecule has 106 valence electrons. The SMILES string of the molecule is COc1ccc(CNOCC(N)=O)cc1OC(F)F. The number of methoxy groups -OCH3 is 1. The van der Waals surface area contributed by atoms with Crippen molar-refractivity contribution in [2.45, 2.75) is 13.2 Å². The zero-order valence-electron chi connectivity index (χ0n) is 10.2. The molecule has 1 rings (SSSR count). The number of hydrogen-bond acceptors (Lipinski definition) is 5. The molecule has 0 unspecified atom stereocenters. The van der Waals surface area contributed by atoms with Gasteiger partial charge in [-0.1, -0.05) is 6.07 Å². The van der Waals surface area contributed by atoms with E-state index in [9.17, 15) is 13.6 Å². The van der Waals surface area contributed by atoms with E-state index in [1.807, 2.05) is 0 Å². The number of alkyl halides is 2. The molecule has 1 aromatic rings. The van der Waals surface area contributed by atoms with Gasteiger partial charge in [-0.25, -0.2) is 0 Å². The van der Waals surface area contributed by atoms with Crippen molar-refractivity contribution in [3.05, 3.63) is 23.8 Å². The molecule has 0 saturated heterocycles. The third-order valence-corrected chi connectivity index (χ3v) is 2.04. The Morgan fingerprint density at radius 2 is 2.16 bits per heavy atom. The molecule has 1 amide bonds. The van der Waals surface area contributed by atoms with Gasteiger partial charge in [0, 0.05) is 6.54 Å². The molecule has 8 heteroatoms. The van der Waals surface area contributed by atoms with Crippen LogP contribution in [0.15, 0.2) is 18.2 Å². The zero-order valence-corrected chi connectivity index (χ0v) is 10.2. The fourth-order valence-electron chi connectivity index (χ4n) is 1.28. The molecule has 0 aromatic heterocycles. The minimum Gasteiger partial charge on any atom is -0.493 e. The topological polar surface area (TPSA) is 82.8 Å². The lowest BCUT2D eigenvalue weighted by Gasteiger charge is -2.11. The van der Waals surface area contributed by atoms with Crippen LogP contribution in [0.5, 0.6) is 11.5 Å². The lowest BCUT2D eigenvalue weighted by atomic mass is 10.2. The van der Waals surface area contributed by atoms with Crippen LogP contribution in [0.4, 0.5) is 8.78 Å². The molecule has 0 heterocycles. The Morgan fingerprint density at radius 3 is 2.74 bits per heavy atom. The summed E-state index contributed by atoms with van der Waals surface area (Å²) in [5.41, 5.74) is 7.94. The van der Waals surface area contributed by atoms with Gasteiger partial charge in [-0.2, -0.15) is 14.3 Å². The van der Waals surface area contributed by atoms with E-state index in [1.165, 1.54) is 19.2 Å². The molecule has 0 radical (unpaired) electrons. The highest BCUT2D eigenvalue weighted by Gasteiger charge is 2.11. The standard InChI is InChI=1S/C11H14F2N2O4/c1-17-8-3-2-7(4-9(8)19-11(12)13)5-15-18-6-10(14)16/h2-4,11,15H,5-6H2,1H3,(H2,14,16). The Bertz CT molecular complexity index is 429. The van der Waals surface area contributed by atoms with Crippen LogP contribution >= 0.6 is 0 Å². The number of hydroxylamine groups is 1. The fourth-order valence-corrected chi connectivity index (χ4v) is 1.28. The Labute approximate surface area is 108 Å². The summed E-state index contributed by atoms with van der Waals surface area (Å²) in [6.07, 6.45) is 0. The molecular weight excluding hydrogens is 262 g/mol. The van der Waals surface area contributed by atoms with E-state index in [0.717, 1.165) is 0 Å². The molecule has 0 bridgehead atoms. The Morgan fingerprint density at radius 1 is 1.42 bits per heavy atom. The summed E-state index contributed by atoms with van der Waals surface area (Å²) >= 11 is 0. The van der Waals surface area contributed by atoms with E-state index in [0.29, 0.717) is 5.56 Å². The van der Waals surface area contributed by atoms with Crippen molar-refractivity contribution >= 4 is 5.91 Å². The van der Waals surface area contributed by atoms with Crippen LogP contribution in [0.2, 0.25) is 0 Å². The van der Waals surface area contributed by atoms with Crippen molar-refractivity contribution in [1.29, 1.82) is 0 Å². The van der Waals surface area contributed by atoms with Crippen molar-refractivity contribution < 1.29 is 27.9 Å². The van der Waals surface area contributed by atoms with Crippen LogP contribution < -0.4 is 20.7 Å². The van der Waals surface area contributed by atoms with Gasteiger partial charge in [-0.3, -0.25) is 9.63 Å². The molecule has 6 nitrogen and oxygen atoms in total. The van der Waals surface area contributed by atoms with Crippen molar-refractivity contribution in [1.82, 2.24) is 5.48 Å². The van der Waals surface area contributed by atoms with Crippen molar-refractivity contribution in [2.75, 3.05) is 13.7 Å². The summed E-state index contributed by atoms with van der Waals surface area (Å²) in [4.78, 5) is 15.1. The summed E-state index contributed by atoms with van der Waals surface area (Å²) < 4.78 is 33.6. The summed E-state index contributed by atoms with van der Waals surface area (Å²) in [6.45, 7) is -3.03. The first-order valence-electron chi connectivity index (χ1n) is 5.27. The van der Waals surface area contributed by atoms with E-state index >= 15 is 0 Å². The zero-order chi connectivity index (χ0) is 14.3. The van der Waals surface area contributed by atoms with Crippen LogP contribution in [0.25, 0.3) is 0 Å². The van der Waals surface area contributed by atoms with Crippen molar-refractivity contribution in [2.24, 2.45) is 5.73 Å². The highest BCUT2D eigenvalue weighted by molar-refractivity contribution is 5.74. The number of hydrogen-bond donors (Lipinski definition) is 2. The predicted octanol–water partition coefficient (Wildman–Crippen LogP) is 0.803. The second-order valence-electron chi connectivity index (χ2n) is 3.44. The number of primary amides is 1. The summed E-state index contributed by atoms with van der Waals surface area (Å²) in [5, 5.41) is 0. The molecule has 0 aliphatic carbocycles. The average Bonchev–Trinajstić information content (AvgIpc) is 2.34. The molecule has 3 N–H and O–H groups in total. The smallest absolute Gasteiger partial charge is 0.387 e. The molecule has 19 heavy (non-hydrogen) atoms. The van der Waals surface area contributed by atoms with Gasteiger partial charge in [0.25, 0.3) is 0 Å². The fraction of sp³-hybridized carbons (Fsp3) is 0.364. The molecule has 0 spiro atoms. The monoisotopic (exact) mass is 276 g/mol. The Kier molecular flexibility index (Phi) is 5.97. The molecule has 0 aliphatic rings. The number of nitrogens with one attached hydrogen (secondary N) is 1. The molecule has 0 saturated carbocycles. The average molecular weight is 276 g/mol. The quantitative estimate of drug-likeness (QED) is 0.542. The first-order valence-corrected chi connectivity index (χ1v) is 5.27. The number of nitrogens with two attached hydrogens (primary N) is 1. The summed E-state index contributed by atoms with van der Waals surface area (Å²) in [5.74, 6) is -0.502. The lowest BCUT2D eigenvalue weighted by Crippen LogP contribution is -2.24. The van der Waals surface area contributed by atoms with Crippen LogP contribution in [0.3, 0.4) is 0 Å². The van der Waals surface area contributed by atoms with Crippen molar-refractivity contribution in [3.8, 4) is 11.5 Å². The number of carbonyl (C=O) groups excluding carboxylic acids is 1. The van der Waals surface area contributed by atoms with E-state index in [1.54, 1.807) is 6.07 Å². The maximum absolute atomic E-state index is 12.2. The maximum Gasteiger partial charge on any atom is 0.387 e. The minimum absolute atomic E-state index is 0.0771. The van der Waals surface area contributed by atoms with Crippen LogP contribution in [0, 0.1) is 0 Å². The van der Waals surface area contributed by atoms with Gasteiger partial charge in [0.05, 0.1) is 7.11 Å². The van der Waals surface area contributed by atoms with Gasteiger partial charge in [-0.05, 0) is 17.7 Å². The third-order valence-electron chi connectivity index (χ3n) is 2.04. The highest BCUT2D eigenvalue weighted by atomic mass is 19.3.